The van der Waals surface area contributed by atoms with E-state index in [0.29, 0.717) is 5.92 Å². The number of nitrogens with zero attached hydrogens (tertiary/aromatic N) is 2. The molecule has 0 fully saturated rings. The first-order chi connectivity index (χ1) is 10.2. The van der Waals surface area contributed by atoms with Crippen molar-refractivity contribution in [2.24, 2.45) is 13.8 Å². The number of rotatable bonds is 5. The summed E-state index contributed by atoms with van der Waals surface area (Å²) in [6.45, 7) is 5.32. The van der Waals surface area contributed by atoms with Crippen LogP contribution < -0.4 is 5.32 Å². The van der Waals surface area contributed by atoms with Crippen molar-refractivity contribution in [2.45, 2.75) is 26.8 Å². The predicted octanol–water partition coefficient (Wildman–Crippen LogP) is 4.85. The molecule has 0 amide bonds. The third-order valence-corrected chi connectivity index (χ3v) is 4.57. The van der Waals surface area contributed by atoms with Gasteiger partial charge in [0.2, 0.25) is 0 Å². The van der Waals surface area contributed by atoms with Gasteiger partial charge in [0, 0.05) is 0 Å². The van der Waals surface area contributed by atoms with Crippen LogP contribution in [0.1, 0.15) is 25.0 Å². The monoisotopic (exact) mass is 345 g/mol. The van der Waals surface area contributed by atoms with Gasteiger partial charge in [-0.05, 0) is 0 Å². The van der Waals surface area contributed by atoms with Crippen molar-refractivity contribution in [3.05, 3.63) is 53.6 Å². The van der Waals surface area contributed by atoms with Crippen LogP contribution in [0.2, 0.25) is 0 Å². The van der Waals surface area contributed by atoms with Gasteiger partial charge in [0.25, 0.3) is 0 Å². The van der Waals surface area contributed by atoms with Crippen molar-refractivity contribution in [3.8, 4) is 0 Å². The standard InChI is InChI=1S/C17H19N3Se/c1-12(2)10-13-6-8-14(9-7-13)11-18-15-4-3-5-16-17(15)20-21-19-16/h3-9,12,18H,10-11H2,1-2H3. The van der Waals surface area contributed by atoms with Gasteiger partial charge < -0.3 is 0 Å². The first-order valence-corrected chi connectivity index (χ1v) is 8.78. The molecule has 21 heavy (non-hydrogen) atoms. The molecule has 0 spiro atoms. The van der Waals surface area contributed by atoms with Gasteiger partial charge in [-0.2, -0.15) is 0 Å². The molecule has 108 valence electrons. The summed E-state index contributed by atoms with van der Waals surface area (Å²) < 4.78 is 8.90. The Morgan fingerprint density at radius 2 is 1.76 bits per heavy atom. The van der Waals surface area contributed by atoms with Crippen LogP contribution in [0.4, 0.5) is 17.1 Å². The van der Waals surface area contributed by atoms with E-state index in [-0.39, 0.29) is 14.6 Å². The van der Waals surface area contributed by atoms with Crippen molar-refractivity contribution >= 4 is 31.6 Å². The summed E-state index contributed by atoms with van der Waals surface area (Å²) in [5.74, 6) is 0.702. The van der Waals surface area contributed by atoms with E-state index in [1.165, 1.54) is 11.1 Å². The molecule has 1 aliphatic rings. The van der Waals surface area contributed by atoms with Crippen LogP contribution in [-0.4, -0.2) is 14.6 Å². The summed E-state index contributed by atoms with van der Waals surface area (Å²) in [6.07, 6.45) is 1.14. The molecule has 0 saturated carbocycles. The summed E-state index contributed by atoms with van der Waals surface area (Å²) in [7, 11) is 0. The Morgan fingerprint density at radius 1 is 1.00 bits per heavy atom. The van der Waals surface area contributed by atoms with Gasteiger partial charge in [-0.25, -0.2) is 0 Å². The maximum atomic E-state index is 4.49. The van der Waals surface area contributed by atoms with Crippen molar-refractivity contribution in [1.82, 2.24) is 0 Å². The van der Waals surface area contributed by atoms with E-state index in [2.05, 4.69) is 57.4 Å². The van der Waals surface area contributed by atoms with Gasteiger partial charge in [-0.15, -0.1) is 0 Å². The van der Waals surface area contributed by atoms with Crippen LogP contribution in [0.3, 0.4) is 0 Å². The van der Waals surface area contributed by atoms with Gasteiger partial charge in [0.1, 0.15) is 0 Å². The molecular formula is C17H19N3Se. The topological polar surface area (TPSA) is 36.8 Å². The quantitative estimate of drug-likeness (QED) is 0.660. The van der Waals surface area contributed by atoms with E-state index in [1.54, 1.807) is 0 Å². The van der Waals surface area contributed by atoms with Crippen LogP contribution in [0.5, 0.6) is 0 Å². The summed E-state index contributed by atoms with van der Waals surface area (Å²) in [5.41, 5.74) is 5.83. The Balaban J connectivity index is 1.66. The molecule has 2 aromatic rings. The maximum absolute atomic E-state index is 4.49. The molecule has 1 heterocycles. The molecule has 3 rings (SSSR count). The first-order valence-electron chi connectivity index (χ1n) is 7.25. The SMILES string of the molecule is CC(C)Cc1ccc(CNc2cccc3c2N=[Se]=N3)cc1. The predicted molar refractivity (Wildman–Crippen MR) is 88.7 cm³/mol. The fraction of sp³-hybridized carbons (Fsp3) is 0.294. The molecule has 1 aliphatic heterocycles. The second kappa shape index (κ2) is 6.42. The van der Waals surface area contributed by atoms with Gasteiger partial charge >= 0.3 is 131 Å². The fourth-order valence-electron chi connectivity index (χ4n) is 2.41. The molecule has 0 saturated heterocycles. The molecule has 0 bridgehead atoms. The van der Waals surface area contributed by atoms with Crippen LogP contribution >= 0.6 is 0 Å². The molecule has 3 nitrogen and oxygen atoms in total. The second-order valence-electron chi connectivity index (χ2n) is 5.71. The number of benzene rings is 2. The minimum atomic E-state index is 0.0264. The number of fused-ring (bicyclic) bond motifs is 1. The summed E-state index contributed by atoms with van der Waals surface area (Å²) in [4.78, 5) is 0. The zero-order valence-corrected chi connectivity index (χ0v) is 14.0. The number of hydrogen-bond acceptors (Lipinski definition) is 3. The van der Waals surface area contributed by atoms with E-state index in [4.69, 9.17) is 0 Å². The molecule has 4 heteroatoms. The third-order valence-electron chi connectivity index (χ3n) is 3.44. The van der Waals surface area contributed by atoms with Crippen molar-refractivity contribution in [2.75, 3.05) is 5.32 Å². The zero-order chi connectivity index (χ0) is 14.7. The average molecular weight is 344 g/mol. The van der Waals surface area contributed by atoms with Gasteiger partial charge in [0.15, 0.2) is 0 Å². The number of hydrogen-bond donors (Lipinski definition) is 1. The van der Waals surface area contributed by atoms with E-state index in [1.807, 2.05) is 12.1 Å². The molecule has 1 N–H and O–H groups in total. The molecule has 0 aromatic heterocycles. The Hall–Kier alpha value is -1.64. The van der Waals surface area contributed by atoms with Crippen LogP contribution in [-0.2, 0) is 13.0 Å². The van der Waals surface area contributed by atoms with Crippen LogP contribution in [0.15, 0.2) is 50.4 Å². The molecular weight excluding hydrogens is 325 g/mol. The molecule has 2 aromatic carbocycles. The Morgan fingerprint density at radius 3 is 2.52 bits per heavy atom. The van der Waals surface area contributed by atoms with Gasteiger partial charge in [-0.1, -0.05) is 0 Å². The van der Waals surface area contributed by atoms with Gasteiger partial charge in [-0.3, -0.25) is 0 Å². The average Bonchev–Trinajstić information content (AvgIpc) is 2.95. The van der Waals surface area contributed by atoms with Crippen molar-refractivity contribution in [1.29, 1.82) is 0 Å². The summed E-state index contributed by atoms with van der Waals surface area (Å²) >= 11 is 0.0264. The number of nitrogens with one attached hydrogen (secondary N) is 1. The molecule has 0 radical (unpaired) electrons. The zero-order valence-electron chi connectivity index (χ0n) is 12.3. The Kier molecular flexibility index (Phi) is 4.37. The van der Waals surface area contributed by atoms with Gasteiger partial charge in [0.05, 0.1) is 0 Å². The first kappa shape index (κ1) is 14.3. The second-order valence-corrected chi connectivity index (χ2v) is 6.81. The molecule has 0 aliphatic carbocycles. The van der Waals surface area contributed by atoms with E-state index < -0.39 is 0 Å². The van der Waals surface area contributed by atoms with Crippen LogP contribution in [0, 0.1) is 5.92 Å². The summed E-state index contributed by atoms with van der Waals surface area (Å²) in [6, 6.07) is 15.0. The van der Waals surface area contributed by atoms with Crippen LogP contribution in [0.25, 0.3) is 0 Å². The van der Waals surface area contributed by atoms with E-state index in [0.717, 1.165) is 30.0 Å². The third kappa shape index (κ3) is 3.52. The van der Waals surface area contributed by atoms with Crippen molar-refractivity contribution < 1.29 is 0 Å². The molecule has 0 unspecified atom stereocenters. The number of anilines is 1. The minimum absolute atomic E-state index is 0.0264. The fourth-order valence-corrected chi connectivity index (χ4v) is 3.56. The summed E-state index contributed by atoms with van der Waals surface area (Å²) in [5, 5.41) is 3.48. The Labute approximate surface area is 131 Å². The van der Waals surface area contributed by atoms with Crippen molar-refractivity contribution in [3.63, 3.8) is 0 Å². The Bertz CT molecular complexity index is 698. The normalized spacial score (nSPS) is 12.3. The van der Waals surface area contributed by atoms with E-state index >= 15 is 0 Å². The molecule has 0 atom stereocenters. The van der Waals surface area contributed by atoms with E-state index in [9.17, 15) is 0 Å².